The Morgan fingerprint density at radius 2 is 1.88 bits per heavy atom. The lowest BCUT2D eigenvalue weighted by Gasteiger charge is -1.95. The lowest BCUT2D eigenvalue weighted by molar-refractivity contribution is 0.571. The Bertz CT molecular complexity index is 499. The van der Waals surface area contributed by atoms with Crippen LogP contribution in [0.3, 0.4) is 0 Å². The van der Waals surface area contributed by atoms with Gasteiger partial charge in [-0.25, -0.2) is 4.39 Å². The highest BCUT2D eigenvalue weighted by Crippen LogP contribution is 2.22. The van der Waals surface area contributed by atoms with Gasteiger partial charge in [0.1, 0.15) is 17.3 Å². The Hall–Kier alpha value is -1.87. The van der Waals surface area contributed by atoms with Crippen molar-refractivity contribution < 1.29 is 8.81 Å². The van der Waals surface area contributed by atoms with Gasteiger partial charge >= 0.3 is 0 Å². The van der Waals surface area contributed by atoms with Gasteiger partial charge in [0.2, 0.25) is 0 Å². The van der Waals surface area contributed by atoms with Crippen LogP contribution in [0.4, 0.5) is 4.39 Å². The third-order valence-electron chi connectivity index (χ3n) is 2.37. The normalized spacial score (nSPS) is 11.2. The molecule has 0 fully saturated rings. The van der Waals surface area contributed by atoms with E-state index in [9.17, 15) is 4.39 Å². The summed E-state index contributed by atoms with van der Waals surface area (Å²) in [5.41, 5.74) is 6.25. The van der Waals surface area contributed by atoms with E-state index in [2.05, 4.69) is 0 Å². The van der Waals surface area contributed by atoms with E-state index in [-0.39, 0.29) is 5.82 Å². The van der Waals surface area contributed by atoms with E-state index in [1.54, 1.807) is 12.1 Å². The first kappa shape index (κ1) is 11.6. The van der Waals surface area contributed by atoms with Crippen LogP contribution >= 0.6 is 0 Å². The summed E-state index contributed by atoms with van der Waals surface area (Å²) in [6.45, 7) is 0.627. The second-order valence-corrected chi connectivity index (χ2v) is 3.69. The minimum Gasteiger partial charge on any atom is -0.457 e. The van der Waals surface area contributed by atoms with Crippen molar-refractivity contribution in [1.82, 2.24) is 0 Å². The minimum absolute atomic E-state index is 0.247. The Morgan fingerprint density at radius 1 is 1.12 bits per heavy atom. The molecular weight excluding hydrogens is 217 g/mol. The van der Waals surface area contributed by atoms with E-state index >= 15 is 0 Å². The van der Waals surface area contributed by atoms with Crippen molar-refractivity contribution in [3.8, 4) is 11.3 Å². The monoisotopic (exact) mass is 231 g/mol. The topological polar surface area (TPSA) is 39.2 Å². The standard InChI is InChI=1S/C14H14FNO/c15-12-6-4-11(5-7-12)14-9-8-13(17-14)3-1-2-10-16/h1,3-9H,2,10,16H2. The van der Waals surface area contributed by atoms with E-state index < -0.39 is 0 Å². The van der Waals surface area contributed by atoms with E-state index in [1.807, 2.05) is 24.3 Å². The summed E-state index contributed by atoms with van der Waals surface area (Å²) in [5.74, 6) is 1.26. The molecule has 0 aliphatic heterocycles. The van der Waals surface area contributed by atoms with Gasteiger partial charge in [0.15, 0.2) is 0 Å². The van der Waals surface area contributed by atoms with E-state index in [1.165, 1.54) is 12.1 Å². The molecule has 2 N–H and O–H groups in total. The fourth-order valence-electron chi connectivity index (χ4n) is 1.51. The molecule has 1 aromatic heterocycles. The quantitative estimate of drug-likeness (QED) is 0.875. The van der Waals surface area contributed by atoms with Crippen LogP contribution in [0.25, 0.3) is 17.4 Å². The smallest absolute Gasteiger partial charge is 0.134 e. The van der Waals surface area contributed by atoms with Gasteiger partial charge in [-0.1, -0.05) is 6.08 Å². The highest BCUT2D eigenvalue weighted by atomic mass is 19.1. The number of rotatable bonds is 4. The molecule has 1 heterocycles. The second-order valence-electron chi connectivity index (χ2n) is 3.69. The zero-order valence-corrected chi connectivity index (χ0v) is 9.40. The first-order valence-corrected chi connectivity index (χ1v) is 5.52. The Labute approximate surface area is 99.6 Å². The first-order valence-electron chi connectivity index (χ1n) is 5.52. The van der Waals surface area contributed by atoms with Crippen molar-refractivity contribution in [2.45, 2.75) is 6.42 Å². The lowest BCUT2D eigenvalue weighted by Crippen LogP contribution is -1.94. The predicted octanol–water partition coefficient (Wildman–Crippen LogP) is 3.45. The lowest BCUT2D eigenvalue weighted by atomic mass is 10.2. The van der Waals surface area contributed by atoms with Gasteiger partial charge in [-0.3, -0.25) is 0 Å². The van der Waals surface area contributed by atoms with Crippen molar-refractivity contribution in [2.75, 3.05) is 6.54 Å². The molecule has 2 nitrogen and oxygen atoms in total. The van der Waals surface area contributed by atoms with Gasteiger partial charge in [0, 0.05) is 5.56 Å². The summed E-state index contributed by atoms with van der Waals surface area (Å²) in [4.78, 5) is 0. The first-order chi connectivity index (χ1) is 8.29. The third kappa shape index (κ3) is 3.04. The van der Waals surface area contributed by atoms with Crippen molar-refractivity contribution in [1.29, 1.82) is 0 Å². The van der Waals surface area contributed by atoms with Crippen LogP contribution in [0.5, 0.6) is 0 Å². The number of halogens is 1. The van der Waals surface area contributed by atoms with Gasteiger partial charge in [0.05, 0.1) is 0 Å². The summed E-state index contributed by atoms with van der Waals surface area (Å²) >= 11 is 0. The van der Waals surface area contributed by atoms with Gasteiger partial charge < -0.3 is 10.2 Å². The van der Waals surface area contributed by atoms with Crippen molar-refractivity contribution >= 4 is 6.08 Å². The predicted molar refractivity (Wildman–Crippen MR) is 66.8 cm³/mol. The average molecular weight is 231 g/mol. The molecule has 2 aromatic rings. The fraction of sp³-hybridized carbons (Fsp3) is 0.143. The third-order valence-corrected chi connectivity index (χ3v) is 2.37. The molecule has 0 aliphatic carbocycles. The van der Waals surface area contributed by atoms with Crippen molar-refractivity contribution in [3.63, 3.8) is 0 Å². The largest absolute Gasteiger partial charge is 0.457 e. The molecule has 0 saturated heterocycles. The molecule has 2 rings (SSSR count). The molecule has 0 radical (unpaired) electrons. The summed E-state index contributed by atoms with van der Waals surface area (Å²) in [6.07, 6.45) is 4.68. The molecule has 0 bridgehead atoms. The molecular formula is C14H14FNO. The zero-order chi connectivity index (χ0) is 12.1. The zero-order valence-electron chi connectivity index (χ0n) is 9.40. The molecule has 0 aliphatic rings. The summed E-state index contributed by atoms with van der Waals surface area (Å²) in [7, 11) is 0. The number of benzene rings is 1. The molecule has 3 heteroatoms. The Kier molecular flexibility index (Phi) is 3.73. The fourth-order valence-corrected chi connectivity index (χ4v) is 1.51. The van der Waals surface area contributed by atoms with Gasteiger partial charge in [-0.15, -0.1) is 0 Å². The molecule has 0 saturated carbocycles. The van der Waals surface area contributed by atoms with Gasteiger partial charge in [-0.05, 0) is 55.4 Å². The van der Waals surface area contributed by atoms with Gasteiger partial charge in [-0.2, -0.15) is 0 Å². The Morgan fingerprint density at radius 3 is 2.59 bits per heavy atom. The molecule has 17 heavy (non-hydrogen) atoms. The van der Waals surface area contributed by atoms with Gasteiger partial charge in [0.25, 0.3) is 0 Å². The molecule has 88 valence electrons. The number of hydrogen-bond acceptors (Lipinski definition) is 2. The SMILES string of the molecule is NCCC=Cc1ccc(-c2ccc(F)cc2)o1. The summed E-state index contributed by atoms with van der Waals surface area (Å²) < 4.78 is 18.4. The maximum absolute atomic E-state index is 12.8. The van der Waals surface area contributed by atoms with E-state index in [0.717, 1.165) is 23.5 Å². The van der Waals surface area contributed by atoms with E-state index in [4.69, 9.17) is 10.2 Å². The van der Waals surface area contributed by atoms with Crippen LogP contribution in [-0.4, -0.2) is 6.54 Å². The number of nitrogens with two attached hydrogens (primary N) is 1. The van der Waals surface area contributed by atoms with Crippen LogP contribution in [0.2, 0.25) is 0 Å². The maximum atomic E-state index is 12.8. The van der Waals surface area contributed by atoms with E-state index in [0.29, 0.717) is 6.54 Å². The molecule has 0 unspecified atom stereocenters. The second kappa shape index (κ2) is 5.46. The number of hydrogen-bond donors (Lipinski definition) is 1. The van der Waals surface area contributed by atoms with Crippen LogP contribution in [-0.2, 0) is 0 Å². The Balaban J connectivity index is 2.15. The summed E-state index contributed by atoms with van der Waals surface area (Å²) in [5, 5.41) is 0. The van der Waals surface area contributed by atoms with Crippen molar-refractivity contribution in [2.24, 2.45) is 5.73 Å². The average Bonchev–Trinajstić information content (AvgIpc) is 2.79. The van der Waals surface area contributed by atoms with Crippen LogP contribution < -0.4 is 5.73 Å². The number of furan rings is 1. The van der Waals surface area contributed by atoms with Crippen LogP contribution in [0.15, 0.2) is 46.9 Å². The molecule has 0 atom stereocenters. The summed E-state index contributed by atoms with van der Waals surface area (Å²) in [6, 6.07) is 9.98. The van der Waals surface area contributed by atoms with Crippen LogP contribution in [0, 0.1) is 5.82 Å². The highest BCUT2D eigenvalue weighted by Gasteiger charge is 2.02. The van der Waals surface area contributed by atoms with Crippen molar-refractivity contribution in [3.05, 3.63) is 54.1 Å². The highest BCUT2D eigenvalue weighted by molar-refractivity contribution is 5.59. The minimum atomic E-state index is -0.247. The van der Waals surface area contributed by atoms with Crippen LogP contribution in [0.1, 0.15) is 12.2 Å². The molecule has 1 aromatic carbocycles. The maximum Gasteiger partial charge on any atom is 0.134 e. The molecule has 0 amide bonds. The molecule has 0 spiro atoms.